The molecule has 0 radical (unpaired) electrons. The molecule has 2 amide bonds. The van der Waals surface area contributed by atoms with Crippen molar-refractivity contribution in [3.63, 3.8) is 0 Å². The maximum Gasteiger partial charge on any atom is 0.271 e. The van der Waals surface area contributed by atoms with E-state index in [9.17, 15) is 9.59 Å². The van der Waals surface area contributed by atoms with Gasteiger partial charge in [-0.1, -0.05) is 0 Å². The number of aromatic nitrogens is 2. The minimum absolute atomic E-state index is 0.0977. The molecule has 0 aliphatic carbocycles. The zero-order chi connectivity index (χ0) is 16.8. The highest BCUT2D eigenvalue weighted by Crippen LogP contribution is 2.12. The summed E-state index contributed by atoms with van der Waals surface area (Å²) in [5.74, 6) is 0.616. The maximum absolute atomic E-state index is 11.9. The summed E-state index contributed by atoms with van der Waals surface area (Å²) >= 11 is 0. The summed E-state index contributed by atoms with van der Waals surface area (Å²) in [6, 6.07) is 3.49. The van der Waals surface area contributed by atoms with Crippen molar-refractivity contribution in [2.75, 3.05) is 58.3 Å². The summed E-state index contributed by atoms with van der Waals surface area (Å²) in [5, 5.41) is 11.0. The lowest BCUT2D eigenvalue weighted by Crippen LogP contribution is -2.48. The van der Waals surface area contributed by atoms with Crippen molar-refractivity contribution in [1.29, 1.82) is 0 Å². The number of anilines is 1. The van der Waals surface area contributed by atoms with Crippen molar-refractivity contribution in [2.24, 2.45) is 0 Å². The molecule has 1 fully saturated rings. The Hall–Kier alpha value is -2.22. The number of hydrogen-bond acceptors (Lipinski definition) is 6. The standard InChI is InChI=1S/C15H24N6O2/c1-12(22)20-8-10-21(11-9-20)14-5-4-13(17-18-14)15(23)16-6-7-19(2)3/h4-5H,6-11H2,1-3H3,(H,16,23). The molecule has 1 aliphatic rings. The lowest BCUT2D eigenvalue weighted by atomic mass is 10.3. The summed E-state index contributed by atoms with van der Waals surface area (Å²) in [6.07, 6.45) is 0. The Bertz CT molecular complexity index is 537. The SMILES string of the molecule is CC(=O)N1CCN(c2ccc(C(=O)NCCN(C)C)nn2)CC1. The molecule has 0 bridgehead atoms. The van der Waals surface area contributed by atoms with E-state index in [0.29, 0.717) is 25.3 Å². The Morgan fingerprint density at radius 1 is 1.17 bits per heavy atom. The number of piperazine rings is 1. The van der Waals surface area contributed by atoms with E-state index in [1.165, 1.54) is 0 Å². The molecule has 0 spiro atoms. The van der Waals surface area contributed by atoms with Crippen molar-refractivity contribution in [3.8, 4) is 0 Å². The number of nitrogens with one attached hydrogen (secondary N) is 1. The van der Waals surface area contributed by atoms with Crippen molar-refractivity contribution < 1.29 is 9.59 Å². The molecular formula is C15H24N6O2. The summed E-state index contributed by atoms with van der Waals surface area (Å²) in [7, 11) is 3.90. The Morgan fingerprint density at radius 3 is 2.39 bits per heavy atom. The van der Waals surface area contributed by atoms with Gasteiger partial charge in [-0.3, -0.25) is 9.59 Å². The molecule has 2 heterocycles. The van der Waals surface area contributed by atoms with Gasteiger partial charge in [0.15, 0.2) is 11.5 Å². The molecule has 0 atom stereocenters. The highest BCUT2D eigenvalue weighted by Gasteiger charge is 2.20. The van der Waals surface area contributed by atoms with Crippen molar-refractivity contribution in [1.82, 2.24) is 25.3 Å². The van der Waals surface area contributed by atoms with Crippen LogP contribution in [0, 0.1) is 0 Å². The monoisotopic (exact) mass is 320 g/mol. The van der Waals surface area contributed by atoms with Crippen LogP contribution in [0.4, 0.5) is 5.82 Å². The number of hydrogen-bond donors (Lipinski definition) is 1. The lowest BCUT2D eigenvalue weighted by Gasteiger charge is -2.34. The summed E-state index contributed by atoms with van der Waals surface area (Å²) in [6.45, 7) is 5.75. The zero-order valence-electron chi connectivity index (χ0n) is 13.9. The van der Waals surface area contributed by atoms with Gasteiger partial charge in [-0.15, -0.1) is 10.2 Å². The third-order valence-corrected chi connectivity index (χ3v) is 3.78. The Morgan fingerprint density at radius 2 is 1.87 bits per heavy atom. The first-order chi connectivity index (χ1) is 11.0. The molecule has 23 heavy (non-hydrogen) atoms. The van der Waals surface area contributed by atoms with Gasteiger partial charge in [0.2, 0.25) is 5.91 Å². The van der Waals surface area contributed by atoms with Gasteiger partial charge in [0.25, 0.3) is 5.91 Å². The molecular weight excluding hydrogens is 296 g/mol. The molecule has 1 aromatic rings. The van der Waals surface area contributed by atoms with Gasteiger partial charge < -0.3 is 20.0 Å². The number of likely N-dealkylation sites (N-methyl/N-ethyl adjacent to an activating group) is 1. The van der Waals surface area contributed by atoms with Crippen molar-refractivity contribution in [3.05, 3.63) is 17.8 Å². The van der Waals surface area contributed by atoms with Crippen molar-refractivity contribution in [2.45, 2.75) is 6.92 Å². The maximum atomic E-state index is 11.9. The zero-order valence-corrected chi connectivity index (χ0v) is 13.9. The fourth-order valence-corrected chi connectivity index (χ4v) is 2.35. The van der Waals surface area contributed by atoms with Crippen LogP contribution in [0.2, 0.25) is 0 Å². The molecule has 2 rings (SSSR count). The average Bonchev–Trinajstić information content (AvgIpc) is 2.54. The fourth-order valence-electron chi connectivity index (χ4n) is 2.35. The minimum atomic E-state index is -0.215. The molecule has 0 unspecified atom stereocenters. The Labute approximate surface area is 136 Å². The molecule has 0 saturated carbocycles. The van der Waals surface area contributed by atoms with Crippen LogP contribution < -0.4 is 10.2 Å². The van der Waals surface area contributed by atoms with Gasteiger partial charge in [-0.25, -0.2) is 0 Å². The normalized spacial score (nSPS) is 15.0. The molecule has 0 aromatic carbocycles. The van der Waals surface area contributed by atoms with E-state index in [2.05, 4.69) is 20.4 Å². The summed E-state index contributed by atoms with van der Waals surface area (Å²) in [5.41, 5.74) is 0.315. The highest BCUT2D eigenvalue weighted by atomic mass is 16.2. The summed E-state index contributed by atoms with van der Waals surface area (Å²) < 4.78 is 0. The van der Waals surface area contributed by atoms with Crippen LogP contribution >= 0.6 is 0 Å². The molecule has 1 aliphatic heterocycles. The first-order valence-corrected chi connectivity index (χ1v) is 7.74. The van der Waals surface area contributed by atoms with Crippen molar-refractivity contribution >= 4 is 17.6 Å². The number of amides is 2. The number of carbonyl (C=O) groups excluding carboxylic acids is 2. The van der Waals surface area contributed by atoms with E-state index in [-0.39, 0.29) is 11.8 Å². The molecule has 1 aromatic heterocycles. The lowest BCUT2D eigenvalue weighted by molar-refractivity contribution is -0.129. The molecule has 1 N–H and O–H groups in total. The average molecular weight is 320 g/mol. The van der Waals surface area contributed by atoms with E-state index >= 15 is 0 Å². The Kier molecular flexibility index (Phi) is 5.86. The van der Waals surface area contributed by atoms with Crippen LogP contribution in [0.15, 0.2) is 12.1 Å². The second-order valence-corrected chi connectivity index (χ2v) is 5.83. The first-order valence-electron chi connectivity index (χ1n) is 7.74. The van der Waals surface area contributed by atoms with E-state index < -0.39 is 0 Å². The minimum Gasteiger partial charge on any atom is -0.352 e. The largest absolute Gasteiger partial charge is 0.352 e. The molecule has 126 valence electrons. The van der Waals surface area contributed by atoms with E-state index in [1.807, 2.05) is 23.9 Å². The predicted molar refractivity (Wildman–Crippen MR) is 87.4 cm³/mol. The number of carbonyl (C=O) groups is 2. The highest BCUT2D eigenvalue weighted by molar-refractivity contribution is 5.92. The van der Waals surface area contributed by atoms with Crippen LogP contribution in [0.25, 0.3) is 0 Å². The third-order valence-electron chi connectivity index (χ3n) is 3.78. The fraction of sp³-hybridized carbons (Fsp3) is 0.600. The van der Waals surface area contributed by atoms with Gasteiger partial charge in [0.1, 0.15) is 0 Å². The number of rotatable bonds is 5. The topological polar surface area (TPSA) is 81.7 Å². The van der Waals surface area contributed by atoms with E-state index in [0.717, 1.165) is 25.5 Å². The van der Waals surface area contributed by atoms with Crippen LogP contribution in [0.3, 0.4) is 0 Å². The van der Waals surface area contributed by atoms with Gasteiger partial charge in [-0.05, 0) is 26.2 Å². The second kappa shape index (κ2) is 7.87. The van der Waals surface area contributed by atoms with Gasteiger partial charge in [0.05, 0.1) is 0 Å². The predicted octanol–water partition coefficient (Wildman–Crippen LogP) is -0.563. The van der Waals surface area contributed by atoms with E-state index in [1.54, 1.807) is 19.1 Å². The molecule has 1 saturated heterocycles. The van der Waals surface area contributed by atoms with Gasteiger partial charge in [-0.2, -0.15) is 0 Å². The quantitative estimate of drug-likeness (QED) is 0.783. The Balaban J connectivity index is 1.87. The second-order valence-electron chi connectivity index (χ2n) is 5.83. The van der Waals surface area contributed by atoms with Crippen LogP contribution in [0.1, 0.15) is 17.4 Å². The smallest absolute Gasteiger partial charge is 0.271 e. The van der Waals surface area contributed by atoms with Crippen LogP contribution in [-0.4, -0.2) is 85.2 Å². The first kappa shape index (κ1) is 17.1. The van der Waals surface area contributed by atoms with E-state index in [4.69, 9.17) is 0 Å². The van der Waals surface area contributed by atoms with Gasteiger partial charge in [0, 0.05) is 46.2 Å². The van der Waals surface area contributed by atoms with Gasteiger partial charge >= 0.3 is 0 Å². The third kappa shape index (κ3) is 4.88. The molecule has 8 nitrogen and oxygen atoms in total. The number of nitrogens with zero attached hydrogens (tertiary/aromatic N) is 5. The summed E-state index contributed by atoms with van der Waals surface area (Å²) in [4.78, 5) is 29.1. The van der Waals surface area contributed by atoms with Crippen LogP contribution in [0.5, 0.6) is 0 Å². The van der Waals surface area contributed by atoms with Crippen LogP contribution in [-0.2, 0) is 4.79 Å². The molecule has 8 heteroatoms.